The van der Waals surface area contributed by atoms with E-state index in [1.807, 2.05) is 0 Å². The molecule has 1 saturated carbocycles. The van der Waals surface area contributed by atoms with E-state index in [-0.39, 0.29) is 18.8 Å². The molecule has 1 fully saturated rings. The zero-order chi connectivity index (χ0) is 16.3. The summed E-state index contributed by atoms with van der Waals surface area (Å²) in [6.45, 7) is 0. The summed E-state index contributed by atoms with van der Waals surface area (Å²) in [5, 5.41) is 35.5. The summed E-state index contributed by atoms with van der Waals surface area (Å²) < 4.78 is 0. The van der Waals surface area contributed by atoms with Crippen LogP contribution in [0, 0.1) is 23.7 Å². The lowest BCUT2D eigenvalue weighted by Gasteiger charge is -2.31. The number of carboxylic acid groups (broad SMARTS) is 4. The SMILES string of the molecule is O=C(O)C([C]1CCC(=O)C(C(C(=O)O)C(=O)O)C1)C(=O)O. The molecule has 1 rings (SSSR count). The van der Waals surface area contributed by atoms with Crippen LogP contribution in [-0.2, 0) is 24.0 Å². The summed E-state index contributed by atoms with van der Waals surface area (Å²) in [6, 6.07) is 0. The summed E-state index contributed by atoms with van der Waals surface area (Å²) in [4.78, 5) is 55.5. The topological polar surface area (TPSA) is 166 Å². The van der Waals surface area contributed by atoms with Crippen molar-refractivity contribution in [1.29, 1.82) is 0 Å². The number of carboxylic acids is 4. The molecule has 1 aliphatic carbocycles. The molecule has 9 heteroatoms. The van der Waals surface area contributed by atoms with Crippen molar-refractivity contribution < 1.29 is 44.4 Å². The second-order valence-corrected chi connectivity index (χ2v) is 4.70. The number of hydrogen-bond acceptors (Lipinski definition) is 5. The van der Waals surface area contributed by atoms with Crippen molar-refractivity contribution in [2.75, 3.05) is 0 Å². The summed E-state index contributed by atoms with van der Waals surface area (Å²) in [5.41, 5.74) is 0. The smallest absolute Gasteiger partial charge is 0.318 e. The lowest BCUT2D eigenvalue weighted by Crippen LogP contribution is -2.42. The molecule has 1 unspecified atom stereocenters. The highest BCUT2D eigenvalue weighted by atomic mass is 16.4. The van der Waals surface area contributed by atoms with Crippen molar-refractivity contribution >= 4 is 29.7 Å². The molecule has 0 aromatic rings. The van der Waals surface area contributed by atoms with Gasteiger partial charge in [0.25, 0.3) is 0 Å². The summed E-state index contributed by atoms with van der Waals surface area (Å²) >= 11 is 0. The van der Waals surface area contributed by atoms with Crippen LogP contribution in [0.1, 0.15) is 19.3 Å². The molecule has 0 bridgehead atoms. The normalized spacial score (nSPS) is 19.7. The first-order valence-corrected chi connectivity index (χ1v) is 5.95. The van der Waals surface area contributed by atoms with Gasteiger partial charge in [-0.15, -0.1) is 0 Å². The van der Waals surface area contributed by atoms with Crippen LogP contribution in [-0.4, -0.2) is 50.1 Å². The van der Waals surface area contributed by atoms with Gasteiger partial charge in [-0.3, -0.25) is 24.0 Å². The molecule has 0 aliphatic heterocycles. The zero-order valence-electron chi connectivity index (χ0n) is 10.7. The fraction of sp³-hybridized carbons (Fsp3) is 0.500. The van der Waals surface area contributed by atoms with Crippen LogP contribution in [0.5, 0.6) is 0 Å². The van der Waals surface area contributed by atoms with E-state index in [0.29, 0.717) is 0 Å². The summed E-state index contributed by atoms with van der Waals surface area (Å²) in [5.74, 6) is -12.7. The Hall–Kier alpha value is -2.45. The molecular formula is C12H13O9. The van der Waals surface area contributed by atoms with Crippen LogP contribution >= 0.6 is 0 Å². The zero-order valence-corrected chi connectivity index (χ0v) is 10.7. The first kappa shape index (κ1) is 16.6. The van der Waals surface area contributed by atoms with Crippen molar-refractivity contribution in [3.8, 4) is 0 Å². The Morgan fingerprint density at radius 2 is 1.33 bits per heavy atom. The standard InChI is InChI=1S/C12H13O9/c13-6-2-1-4(7(9(14)15)10(16)17)3-5(6)8(11(18)19)12(20)21/h5,7-8H,1-3H2,(H,14,15)(H,16,17)(H,18,19)(H,20,21). The highest BCUT2D eigenvalue weighted by molar-refractivity contribution is 6.00. The number of hydrogen-bond donors (Lipinski definition) is 4. The van der Waals surface area contributed by atoms with E-state index >= 15 is 0 Å². The van der Waals surface area contributed by atoms with Crippen LogP contribution in [0.3, 0.4) is 0 Å². The Labute approximate surface area is 118 Å². The van der Waals surface area contributed by atoms with Gasteiger partial charge in [0, 0.05) is 18.3 Å². The number of Topliss-reactive ketones (excluding diaryl/α,β-unsaturated/α-hetero) is 1. The molecule has 21 heavy (non-hydrogen) atoms. The lowest BCUT2D eigenvalue weighted by atomic mass is 9.70. The molecule has 115 valence electrons. The van der Waals surface area contributed by atoms with Crippen molar-refractivity contribution in [2.45, 2.75) is 19.3 Å². The van der Waals surface area contributed by atoms with Gasteiger partial charge in [-0.05, 0) is 12.8 Å². The summed E-state index contributed by atoms with van der Waals surface area (Å²) in [6.07, 6.45) is -0.843. The maximum atomic E-state index is 11.7. The molecular weight excluding hydrogens is 288 g/mol. The van der Waals surface area contributed by atoms with Gasteiger partial charge in [0.2, 0.25) is 0 Å². The largest absolute Gasteiger partial charge is 0.481 e. The van der Waals surface area contributed by atoms with Crippen LogP contribution in [0.4, 0.5) is 0 Å². The Bertz CT molecular complexity index is 467. The predicted octanol–water partition coefficient (Wildman–Crippen LogP) is -0.499. The van der Waals surface area contributed by atoms with E-state index in [1.165, 1.54) is 0 Å². The second-order valence-electron chi connectivity index (χ2n) is 4.70. The Morgan fingerprint density at radius 3 is 1.71 bits per heavy atom. The minimum atomic E-state index is -2.02. The maximum absolute atomic E-state index is 11.7. The minimum absolute atomic E-state index is 0.0490. The van der Waals surface area contributed by atoms with Gasteiger partial charge in [0.1, 0.15) is 5.78 Å². The van der Waals surface area contributed by atoms with Gasteiger partial charge < -0.3 is 20.4 Å². The molecule has 0 saturated heterocycles. The number of ketones is 1. The molecule has 0 aromatic carbocycles. The number of carbonyl (C=O) groups is 5. The van der Waals surface area contributed by atoms with Gasteiger partial charge >= 0.3 is 23.9 Å². The van der Waals surface area contributed by atoms with Crippen molar-refractivity contribution in [3.05, 3.63) is 5.92 Å². The lowest BCUT2D eigenvalue weighted by molar-refractivity contribution is -0.160. The van der Waals surface area contributed by atoms with Gasteiger partial charge in [-0.25, -0.2) is 0 Å². The van der Waals surface area contributed by atoms with Crippen molar-refractivity contribution in [3.63, 3.8) is 0 Å². The quantitative estimate of drug-likeness (QED) is 0.473. The predicted molar refractivity (Wildman–Crippen MR) is 63.1 cm³/mol. The molecule has 0 spiro atoms. The van der Waals surface area contributed by atoms with E-state index in [0.717, 1.165) is 0 Å². The van der Waals surface area contributed by atoms with Gasteiger partial charge in [-0.2, -0.15) is 0 Å². The summed E-state index contributed by atoms with van der Waals surface area (Å²) in [7, 11) is 0. The number of rotatable bonds is 6. The molecule has 0 heterocycles. The first-order valence-electron chi connectivity index (χ1n) is 5.95. The first-order chi connectivity index (χ1) is 9.66. The Kier molecular flexibility index (Phi) is 5.01. The second kappa shape index (κ2) is 6.33. The van der Waals surface area contributed by atoms with E-state index < -0.39 is 53.8 Å². The third kappa shape index (κ3) is 3.56. The van der Waals surface area contributed by atoms with Crippen LogP contribution in [0.15, 0.2) is 0 Å². The van der Waals surface area contributed by atoms with Crippen LogP contribution in [0.2, 0.25) is 0 Å². The van der Waals surface area contributed by atoms with Gasteiger partial charge in [0.05, 0.1) is 0 Å². The minimum Gasteiger partial charge on any atom is -0.481 e. The third-order valence-corrected chi connectivity index (χ3v) is 3.42. The molecule has 4 N–H and O–H groups in total. The third-order valence-electron chi connectivity index (χ3n) is 3.42. The molecule has 0 amide bonds. The van der Waals surface area contributed by atoms with E-state index in [4.69, 9.17) is 20.4 Å². The van der Waals surface area contributed by atoms with E-state index in [1.54, 1.807) is 0 Å². The van der Waals surface area contributed by atoms with Crippen LogP contribution in [0.25, 0.3) is 0 Å². The van der Waals surface area contributed by atoms with Crippen molar-refractivity contribution in [1.82, 2.24) is 0 Å². The van der Waals surface area contributed by atoms with Crippen LogP contribution < -0.4 is 0 Å². The number of aliphatic carboxylic acids is 4. The van der Waals surface area contributed by atoms with E-state index in [9.17, 15) is 24.0 Å². The molecule has 9 nitrogen and oxygen atoms in total. The molecule has 0 aromatic heterocycles. The highest BCUT2D eigenvalue weighted by Gasteiger charge is 2.47. The average Bonchev–Trinajstić information content (AvgIpc) is 2.31. The number of carbonyl (C=O) groups excluding carboxylic acids is 1. The van der Waals surface area contributed by atoms with Crippen molar-refractivity contribution in [2.24, 2.45) is 17.8 Å². The fourth-order valence-corrected chi connectivity index (χ4v) is 2.44. The fourth-order valence-electron chi connectivity index (χ4n) is 2.44. The molecule has 1 radical (unpaired) electrons. The Morgan fingerprint density at radius 1 is 0.857 bits per heavy atom. The monoisotopic (exact) mass is 301 g/mol. The average molecular weight is 301 g/mol. The highest BCUT2D eigenvalue weighted by Crippen LogP contribution is 2.37. The van der Waals surface area contributed by atoms with Gasteiger partial charge in [-0.1, -0.05) is 0 Å². The van der Waals surface area contributed by atoms with E-state index in [2.05, 4.69) is 0 Å². The maximum Gasteiger partial charge on any atom is 0.318 e. The Balaban J connectivity index is 3.04. The molecule has 1 atom stereocenters. The van der Waals surface area contributed by atoms with Gasteiger partial charge in [0.15, 0.2) is 11.8 Å². The molecule has 1 aliphatic rings.